The predicted octanol–water partition coefficient (Wildman–Crippen LogP) is 4.13. The molecule has 130 valence electrons. The summed E-state index contributed by atoms with van der Waals surface area (Å²) in [6.45, 7) is 2.12. The molecule has 1 heterocycles. The number of nitrogens with zero attached hydrogens (tertiary/aromatic N) is 3. The number of rotatable bonds is 4. The van der Waals surface area contributed by atoms with Gasteiger partial charge < -0.3 is 9.80 Å². The highest BCUT2D eigenvalue weighted by atomic mass is 35.5. The summed E-state index contributed by atoms with van der Waals surface area (Å²) in [7, 11) is 1.65. The lowest BCUT2D eigenvalue weighted by molar-refractivity contribution is -0.384. The van der Waals surface area contributed by atoms with Gasteiger partial charge in [0.2, 0.25) is 0 Å². The highest BCUT2D eigenvalue weighted by Crippen LogP contribution is 2.27. The summed E-state index contributed by atoms with van der Waals surface area (Å²) in [4.78, 5) is 26.8. The third-order valence-corrected chi connectivity index (χ3v) is 4.72. The van der Waals surface area contributed by atoms with Crippen molar-refractivity contribution in [3.63, 3.8) is 0 Å². The van der Waals surface area contributed by atoms with E-state index < -0.39 is 4.92 Å². The zero-order valence-corrected chi connectivity index (χ0v) is 14.6. The minimum Gasteiger partial charge on any atom is -0.372 e. The van der Waals surface area contributed by atoms with Crippen molar-refractivity contribution in [3.05, 3.63) is 63.2 Å². The van der Waals surface area contributed by atoms with Crippen LogP contribution in [0.5, 0.6) is 0 Å². The third-order valence-electron chi connectivity index (χ3n) is 4.40. The molecular formula is C18H18ClN3O3. The standard InChI is InChI=1S/C18H18ClN3O3/c1-20(14-5-7-15(8-6-14)21-10-2-3-11-21)18(23)13-4-9-16(19)17(12-13)22(24)25/h4-9,12H,2-3,10-11H2,1H3. The van der Waals surface area contributed by atoms with Gasteiger partial charge in [-0.3, -0.25) is 14.9 Å². The van der Waals surface area contributed by atoms with Gasteiger partial charge in [0.1, 0.15) is 5.02 Å². The smallest absolute Gasteiger partial charge is 0.288 e. The molecule has 25 heavy (non-hydrogen) atoms. The number of amides is 1. The first-order valence-electron chi connectivity index (χ1n) is 8.04. The second-order valence-electron chi connectivity index (χ2n) is 6.00. The van der Waals surface area contributed by atoms with E-state index in [2.05, 4.69) is 4.90 Å². The summed E-state index contributed by atoms with van der Waals surface area (Å²) >= 11 is 5.80. The predicted molar refractivity (Wildman–Crippen MR) is 98.7 cm³/mol. The molecule has 2 aromatic rings. The van der Waals surface area contributed by atoms with E-state index in [0.717, 1.165) is 24.5 Å². The Morgan fingerprint density at radius 1 is 1.16 bits per heavy atom. The molecule has 0 N–H and O–H groups in total. The molecule has 0 bridgehead atoms. The van der Waals surface area contributed by atoms with Crippen LogP contribution in [0.2, 0.25) is 5.02 Å². The summed E-state index contributed by atoms with van der Waals surface area (Å²) in [5.74, 6) is -0.325. The molecule has 0 unspecified atom stereocenters. The van der Waals surface area contributed by atoms with Crippen LogP contribution in [0, 0.1) is 10.1 Å². The number of halogens is 1. The molecule has 1 aliphatic rings. The Morgan fingerprint density at radius 3 is 2.40 bits per heavy atom. The summed E-state index contributed by atoms with van der Waals surface area (Å²) in [5.41, 5.74) is 1.82. The van der Waals surface area contributed by atoms with Gasteiger partial charge in [0.25, 0.3) is 11.6 Å². The Bertz CT molecular complexity index is 802. The lowest BCUT2D eigenvalue weighted by Gasteiger charge is -2.21. The quantitative estimate of drug-likeness (QED) is 0.608. The van der Waals surface area contributed by atoms with E-state index in [1.165, 1.54) is 35.9 Å². The number of benzene rings is 2. The molecule has 6 nitrogen and oxygen atoms in total. The molecule has 2 aromatic carbocycles. The number of anilines is 2. The maximum absolute atomic E-state index is 12.6. The van der Waals surface area contributed by atoms with Crippen LogP contribution in [0.15, 0.2) is 42.5 Å². The molecule has 7 heteroatoms. The van der Waals surface area contributed by atoms with Gasteiger partial charge in [-0.05, 0) is 49.2 Å². The van der Waals surface area contributed by atoms with Crippen LogP contribution in [-0.2, 0) is 0 Å². The van der Waals surface area contributed by atoms with Crippen LogP contribution in [0.3, 0.4) is 0 Å². The number of nitro benzene ring substituents is 1. The van der Waals surface area contributed by atoms with E-state index >= 15 is 0 Å². The molecule has 0 spiro atoms. The number of carbonyl (C=O) groups is 1. The van der Waals surface area contributed by atoms with Gasteiger partial charge in [0.05, 0.1) is 4.92 Å². The summed E-state index contributed by atoms with van der Waals surface area (Å²) < 4.78 is 0. The van der Waals surface area contributed by atoms with Crippen LogP contribution in [0.1, 0.15) is 23.2 Å². The van der Waals surface area contributed by atoms with Crippen molar-refractivity contribution in [3.8, 4) is 0 Å². The van der Waals surface area contributed by atoms with Crippen molar-refractivity contribution >= 4 is 34.6 Å². The summed E-state index contributed by atoms with van der Waals surface area (Å²) in [6.07, 6.45) is 2.41. The van der Waals surface area contributed by atoms with Crippen LogP contribution < -0.4 is 9.80 Å². The maximum atomic E-state index is 12.6. The van der Waals surface area contributed by atoms with Gasteiger partial charge in [0, 0.05) is 43.1 Å². The molecule has 0 radical (unpaired) electrons. The largest absolute Gasteiger partial charge is 0.372 e. The topological polar surface area (TPSA) is 66.7 Å². The zero-order chi connectivity index (χ0) is 18.0. The molecule has 1 aliphatic heterocycles. The second-order valence-corrected chi connectivity index (χ2v) is 6.41. The molecule has 0 atom stereocenters. The normalized spacial score (nSPS) is 13.8. The molecule has 1 amide bonds. The zero-order valence-electron chi connectivity index (χ0n) is 13.8. The lowest BCUT2D eigenvalue weighted by Crippen LogP contribution is -2.26. The molecule has 0 saturated carbocycles. The summed E-state index contributed by atoms with van der Waals surface area (Å²) in [6, 6.07) is 11.8. The Hall–Kier alpha value is -2.60. The minimum atomic E-state index is -0.593. The number of nitro groups is 1. The number of carbonyl (C=O) groups excluding carboxylic acids is 1. The molecule has 1 saturated heterocycles. The van der Waals surface area contributed by atoms with Crippen molar-refractivity contribution in [2.45, 2.75) is 12.8 Å². The first kappa shape index (κ1) is 17.2. The fraction of sp³-hybridized carbons (Fsp3) is 0.278. The van der Waals surface area contributed by atoms with Crippen LogP contribution in [0.25, 0.3) is 0 Å². The van der Waals surface area contributed by atoms with Gasteiger partial charge in [-0.25, -0.2) is 0 Å². The SMILES string of the molecule is CN(C(=O)c1ccc(Cl)c([N+](=O)[O-])c1)c1ccc(N2CCCC2)cc1. The van der Waals surface area contributed by atoms with E-state index in [4.69, 9.17) is 11.6 Å². The van der Waals surface area contributed by atoms with E-state index in [1.54, 1.807) is 7.05 Å². The van der Waals surface area contributed by atoms with Crippen molar-refractivity contribution in [2.75, 3.05) is 29.9 Å². The Balaban J connectivity index is 1.80. The average molecular weight is 360 g/mol. The van der Waals surface area contributed by atoms with E-state index in [0.29, 0.717) is 0 Å². The van der Waals surface area contributed by atoms with Gasteiger partial charge in [-0.1, -0.05) is 11.6 Å². The monoisotopic (exact) mass is 359 g/mol. The number of hydrogen-bond acceptors (Lipinski definition) is 4. The Labute approximate surface area is 150 Å². The molecular weight excluding hydrogens is 342 g/mol. The van der Waals surface area contributed by atoms with Gasteiger partial charge in [-0.15, -0.1) is 0 Å². The maximum Gasteiger partial charge on any atom is 0.288 e. The summed E-state index contributed by atoms with van der Waals surface area (Å²) in [5, 5.41) is 11.0. The van der Waals surface area contributed by atoms with Gasteiger partial charge in [-0.2, -0.15) is 0 Å². The van der Waals surface area contributed by atoms with Crippen molar-refractivity contribution in [2.24, 2.45) is 0 Å². The van der Waals surface area contributed by atoms with Crippen LogP contribution >= 0.6 is 11.6 Å². The molecule has 0 aliphatic carbocycles. The van der Waals surface area contributed by atoms with Crippen molar-refractivity contribution in [1.82, 2.24) is 0 Å². The highest BCUT2D eigenvalue weighted by Gasteiger charge is 2.20. The first-order chi connectivity index (χ1) is 12.0. The van der Waals surface area contributed by atoms with E-state index in [-0.39, 0.29) is 22.2 Å². The minimum absolute atomic E-state index is 0.0131. The lowest BCUT2D eigenvalue weighted by atomic mass is 10.1. The molecule has 3 rings (SSSR count). The van der Waals surface area contributed by atoms with Gasteiger partial charge in [0.15, 0.2) is 0 Å². The Morgan fingerprint density at radius 2 is 1.80 bits per heavy atom. The van der Waals surface area contributed by atoms with Crippen molar-refractivity contribution in [1.29, 1.82) is 0 Å². The molecule has 0 aromatic heterocycles. The first-order valence-corrected chi connectivity index (χ1v) is 8.42. The fourth-order valence-corrected chi connectivity index (χ4v) is 3.15. The van der Waals surface area contributed by atoms with E-state index in [1.807, 2.05) is 24.3 Å². The second kappa shape index (κ2) is 7.11. The van der Waals surface area contributed by atoms with Crippen molar-refractivity contribution < 1.29 is 9.72 Å². The van der Waals surface area contributed by atoms with Crippen LogP contribution in [0.4, 0.5) is 17.1 Å². The van der Waals surface area contributed by atoms with Crippen LogP contribution in [-0.4, -0.2) is 31.0 Å². The fourth-order valence-electron chi connectivity index (χ4n) is 2.96. The number of hydrogen-bond donors (Lipinski definition) is 0. The van der Waals surface area contributed by atoms with Gasteiger partial charge >= 0.3 is 0 Å². The van der Waals surface area contributed by atoms with E-state index in [9.17, 15) is 14.9 Å². The molecule has 1 fully saturated rings. The highest BCUT2D eigenvalue weighted by molar-refractivity contribution is 6.32. The third kappa shape index (κ3) is 3.58. The average Bonchev–Trinajstić information content (AvgIpc) is 3.15. The Kier molecular flexibility index (Phi) is 4.90.